The summed E-state index contributed by atoms with van der Waals surface area (Å²) in [6, 6.07) is 3.59. The van der Waals surface area contributed by atoms with Crippen LogP contribution in [0.4, 0.5) is 5.00 Å². The van der Waals surface area contributed by atoms with Gasteiger partial charge in [0.15, 0.2) is 0 Å². The summed E-state index contributed by atoms with van der Waals surface area (Å²) in [7, 11) is 0. The maximum absolute atomic E-state index is 12.0. The fourth-order valence-electron chi connectivity index (χ4n) is 2.21. The molecule has 0 saturated carbocycles. The van der Waals surface area contributed by atoms with E-state index < -0.39 is 5.91 Å². The molecule has 0 bridgehead atoms. The van der Waals surface area contributed by atoms with Gasteiger partial charge in [-0.25, -0.2) is 0 Å². The summed E-state index contributed by atoms with van der Waals surface area (Å²) in [5.41, 5.74) is 6.72. The summed E-state index contributed by atoms with van der Waals surface area (Å²) in [6.45, 7) is 5.69. The van der Waals surface area contributed by atoms with Crippen molar-refractivity contribution in [2.75, 3.05) is 5.32 Å². The number of nitrogens with one attached hydrogen (secondary N) is 1. The highest BCUT2D eigenvalue weighted by Gasteiger charge is 2.19. The van der Waals surface area contributed by atoms with Crippen LogP contribution in [0.1, 0.15) is 39.2 Å². The summed E-state index contributed by atoms with van der Waals surface area (Å²) in [4.78, 5) is 24.6. The highest BCUT2D eigenvalue weighted by molar-refractivity contribution is 7.16. The molecule has 0 radical (unpaired) electrons. The average Bonchev–Trinajstić information content (AvgIpc) is 2.99. The van der Waals surface area contributed by atoms with Crippen LogP contribution in [0.2, 0.25) is 0 Å². The third-order valence-corrected chi connectivity index (χ3v) is 4.27. The van der Waals surface area contributed by atoms with Gasteiger partial charge in [-0.1, -0.05) is 6.92 Å². The minimum atomic E-state index is -0.526. The molecule has 0 atom stereocenters. The van der Waals surface area contributed by atoms with Crippen molar-refractivity contribution in [3.05, 3.63) is 45.7 Å². The molecule has 3 N–H and O–H groups in total. The number of anilines is 1. The van der Waals surface area contributed by atoms with E-state index in [4.69, 9.17) is 10.2 Å². The predicted molar refractivity (Wildman–Crippen MR) is 88.1 cm³/mol. The maximum atomic E-state index is 12.0. The molecule has 2 amide bonds. The molecule has 2 rings (SSSR count). The number of amides is 2. The van der Waals surface area contributed by atoms with Gasteiger partial charge in [-0.05, 0) is 44.0 Å². The number of primary amides is 1. The summed E-state index contributed by atoms with van der Waals surface area (Å²) in [5.74, 6) is 0.513. The van der Waals surface area contributed by atoms with Crippen molar-refractivity contribution in [1.29, 1.82) is 0 Å². The van der Waals surface area contributed by atoms with Gasteiger partial charge in [-0.15, -0.1) is 11.3 Å². The minimum Gasteiger partial charge on any atom is -0.462 e. The van der Waals surface area contributed by atoms with Crippen LogP contribution < -0.4 is 11.1 Å². The zero-order valence-electron chi connectivity index (χ0n) is 12.7. The number of carbonyl (C=O) groups excluding carboxylic acids is 2. The van der Waals surface area contributed by atoms with Crippen molar-refractivity contribution in [3.8, 4) is 0 Å². The van der Waals surface area contributed by atoms with E-state index in [-0.39, 0.29) is 5.91 Å². The quantitative estimate of drug-likeness (QED) is 0.830. The molecule has 0 aliphatic heterocycles. The molecular formula is C16H18N2O3S. The Morgan fingerprint density at radius 3 is 2.64 bits per heavy atom. The minimum absolute atomic E-state index is 0.333. The second kappa shape index (κ2) is 6.62. The Morgan fingerprint density at radius 1 is 1.36 bits per heavy atom. The normalized spacial score (nSPS) is 11.0. The van der Waals surface area contributed by atoms with Gasteiger partial charge in [0.1, 0.15) is 16.5 Å². The van der Waals surface area contributed by atoms with Gasteiger partial charge in [0.25, 0.3) is 5.91 Å². The number of thiophene rings is 1. The van der Waals surface area contributed by atoms with Gasteiger partial charge in [0, 0.05) is 11.0 Å². The predicted octanol–water partition coefficient (Wildman–Crippen LogP) is 3.27. The van der Waals surface area contributed by atoms with Crippen LogP contribution in [0.25, 0.3) is 6.08 Å². The Morgan fingerprint density at radius 2 is 2.09 bits per heavy atom. The van der Waals surface area contributed by atoms with E-state index in [0.29, 0.717) is 22.7 Å². The van der Waals surface area contributed by atoms with Crippen LogP contribution in [0.3, 0.4) is 0 Å². The van der Waals surface area contributed by atoms with Crippen LogP contribution in [0.5, 0.6) is 0 Å². The number of nitrogens with two attached hydrogens (primary N) is 1. The number of furan rings is 1. The molecule has 0 fully saturated rings. The molecule has 0 aliphatic carbocycles. The molecule has 2 aromatic rings. The zero-order chi connectivity index (χ0) is 16.3. The van der Waals surface area contributed by atoms with E-state index in [1.165, 1.54) is 17.4 Å². The number of carbonyl (C=O) groups is 2. The van der Waals surface area contributed by atoms with Crippen molar-refractivity contribution in [1.82, 2.24) is 0 Å². The standard InChI is InChI=1S/C16H18N2O3S/c1-4-12-10(3)22-16(14(12)15(17)20)18-13(19)8-7-11-6-5-9(2)21-11/h5-8H,4H2,1-3H3,(H2,17,20)(H,18,19). The van der Waals surface area contributed by atoms with E-state index in [2.05, 4.69) is 5.32 Å². The van der Waals surface area contributed by atoms with Gasteiger partial charge in [0.2, 0.25) is 5.91 Å². The Kier molecular flexibility index (Phi) is 4.82. The van der Waals surface area contributed by atoms with E-state index in [9.17, 15) is 9.59 Å². The average molecular weight is 318 g/mol. The first-order valence-corrected chi connectivity index (χ1v) is 7.71. The molecule has 0 aromatic carbocycles. The van der Waals surface area contributed by atoms with Crippen molar-refractivity contribution < 1.29 is 14.0 Å². The summed E-state index contributed by atoms with van der Waals surface area (Å²) >= 11 is 1.36. The lowest BCUT2D eigenvalue weighted by Gasteiger charge is -2.03. The van der Waals surface area contributed by atoms with Crippen LogP contribution in [0, 0.1) is 13.8 Å². The van der Waals surface area contributed by atoms with Gasteiger partial charge in [-0.3, -0.25) is 9.59 Å². The van der Waals surface area contributed by atoms with E-state index >= 15 is 0 Å². The van der Waals surface area contributed by atoms with Gasteiger partial charge in [0.05, 0.1) is 5.56 Å². The first-order valence-electron chi connectivity index (χ1n) is 6.90. The van der Waals surface area contributed by atoms with Crippen LogP contribution >= 0.6 is 11.3 Å². The Labute approximate surface area is 132 Å². The van der Waals surface area contributed by atoms with Crippen LogP contribution in [-0.4, -0.2) is 11.8 Å². The second-order valence-electron chi connectivity index (χ2n) is 4.83. The van der Waals surface area contributed by atoms with Crippen molar-refractivity contribution in [3.63, 3.8) is 0 Å². The smallest absolute Gasteiger partial charge is 0.251 e. The van der Waals surface area contributed by atoms with Crippen molar-refractivity contribution in [2.24, 2.45) is 5.73 Å². The molecule has 0 unspecified atom stereocenters. The summed E-state index contributed by atoms with van der Waals surface area (Å²) in [5, 5.41) is 3.21. The van der Waals surface area contributed by atoms with Crippen molar-refractivity contribution >= 4 is 34.2 Å². The first-order chi connectivity index (χ1) is 10.4. The molecule has 6 heteroatoms. The maximum Gasteiger partial charge on any atom is 0.251 e. The second-order valence-corrected chi connectivity index (χ2v) is 6.05. The third kappa shape index (κ3) is 3.46. The third-order valence-electron chi connectivity index (χ3n) is 3.21. The van der Waals surface area contributed by atoms with Gasteiger partial charge >= 0.3 is 0 Å². The Balaban J connectivity index is 2.18. The lowest BCUT2D eigenvalue weighted by molar-refractivity contribution is -0.111. The number of rotatable bonds is 5. The molecule has 22 heavy (non-hydrogen) atoms. The lowest BCUT2D eigenvalue weighted by atomic mass is 10.1. The molecule has 0 spiro atoms. The lowest BCUT2D eigenvalue weighted by Crippen LogP contribution is -2.16. The topological polar surface area (TPSA) is 85.3 Å². The SMILES string of the molecule is CCc1c(C)sc(NC(=O)C=Cc2ccc(C)o2)c1C(N)=O. The monoisotopic (exact) mass is 318 g/mol. The van der Waals surface area contributed by atoms with Crippen LogP contribution in [0.15, 0.2) is 22.6 Å². The molecule has 116 valence electrons. The van der Waals surface area contributed by atoms with E-state index in [1.54, 1.807) is 12.1 Å². The number of hydrogen-bond donors (Lipinski definition) is 2. The van der Waals surface area contributed by atoms with Crippen LogP contribution in [-0.2, 0) is 11.2 Å². The van der Waals surface area contributed by atoms with E-state index in [1.807, 2.05) is 26.8 Å². The largest absolute Gasteiger partial charge is 0.462 e. The van der Waals surface area contributed by atoms with Crippen molar-refractivity contribution in [2.45, 2.75) is 27.2 Å². The number of aryl methyl sites for hydroxylation is 2. The fraction of sp³-hybridized carbons (Fsp3) is 0.250. The summed E-state index contributed by atoms with van der Waals surface area (Å²) in [6.07, 6.45) is 3.63. The molecule has 5 nitrogen and oxygen atoms in total. The van der Waals surface area contributed by atoms with Gasteiger partial charge in [-0.2, -0.15) is 0 Å². The summed E-state index contributed by atoms with van der Waals surface area (Å²) < 4.78 is 5.35. The molecule has 2 aromatic heterocycles. The Hall–Kier alpha value is -2.34. The zero-order valence-corrected chi connectivity index (χ0v) is 13.5. The highest BCUT2D eigenvalue weighted by atomic mass is 32.1. The molecule has 0 aliphatic rings. The Bertz CT molecular complexity index is 741. The molecule has 0 saturated heterocycles. The molecule has 2 heterocycles. The molecular weight excluding hydrogens is 300 g/mol. The number of hydrogen-bond acceptors (Lipinski definition) is 4. The highest BCUT2D eigenvalue weighted by Crippen LogP contribution is 2.33. The fourth-order valence-corrected chi connectivity index (χ4v) is 3.36. The first kappa shape index (κ1) is 16.0. The van der Waals surface area contributed by atoms with Gasteiger partial charge < -0.3 is 15.5 Å². The van der Waals surface area contributed by atoms with E-state index in [0.717, 1.165) is 16.2 Å².